The fourth-order valence-electron chi connectivity index (χ4n) is 6.08. The number of nitrogens with zero attached hydrogens (tertiary/aromatic N) is 1. The zero-order valence-electron chi connectivity index (χ0n) is 18.6. The van der Waals surface area contributed by atoms with Crippen LogP contribution in [0, 0.1) is 0 Å². The van der Waals surface area contributed by atoms with Gasteiger partial charge in [0.15, 0.2) is 0 Å². The third kappa shape index (κ3) is 2.23. The normalized spacial score (nSPS) is 12.6. The Labute approximate surface area is 208 Å². The molecule has 0 aliphatic carbocycles. The Kier molecular flexibility index (Phi) is 3.36. The van der Waals surface area contributed by atoms with E-state index in [2.05, 4.69) is 108 Å². The second-order valence-corrected chi connectivity index (χ2v) is 11.4. The van der Waals surface area contributed by atoms with Crippen LogP contribution >= 0.6 is 22.7 Å². The van der Waals surface area contributed by atoms with Gasteiger partial charge in [0.05, 0.1) is 15.7 Å². The topological polar surface area (TPSA) is 4.41 Å². The second-order valence-electron chi connectivity index (χ2n) is 9.33. The van der Waals surface area contributed by atoms with Crippen LogP contribution in [-0.2, 0) is 0 Å². The van der Waals surface area contributed by atoms with E-state index in [4.69, 9.17) is 0 Å². The smallest absolute Gasteiger partial charge is 0.0714 e. The first-order chi connectivity index (χ1) is 17.4. The molecule has 0 saturated carbocycles. The second kappa shape index (κ2) is 6.39. The zero-order chi connectivity index (χ0) is 22.7. The fraction of sp³-hybridized carbons (Fsp3) is 0. The third-order valence-electron chi connectivity index (χ3n) is 7.56. The number of thiophene rings is 2. The number of rotatable bonds is 0. The molecule has 0 amide bonds. The Bertz CT molecular complexity index is 2330. The van der Waals surface area contributed by atoms with Gasteiger partial charge in [0.1, 0.15) is 0 Å². The van der Waals surface area contributed by atoms with Gasteiger partial charge in [0.2, 0.25) is 0 Å². The predicted molar refractivity (Wildman–Crippen MR) is 156 cm³/mol. The molecule has 9 rings (SSSR count). The Morgan fingerprint density at radius 1 is 0.429 bits per heavy atom. The van der Waals surface area contributed by atoms with Crippen LogP contribution in [0.3, 0.4) is 0 Å². The summed E-state index contributed by atoms with van der Waals surface area (Å²) in [5.74, 6) is 0. The van der Waals surface area contributed by atoms with Gasteiger partial charge in [-0.1, -0.05) is 84.9 Å². The summed E-state index contributed by atoms with van der Waals surface area (Å²) in [4.78, 5) is 0. The van der Waals surface area contributed by atoms with E-state index < -0.39 is 0 Å². The summed E-state index contributed by atoms with van der Waals surface area (Å²) in [6.45, 7) is 0. The summed E-state index contributed by atoms with van der Waals surface area (Å²) in [6, 6.07) is 35.9. The highest BCUT2D eigenvalue weighted by molar-refractivity contribution is 7.27. The van der Waals surface area contributed by atoms with Gasteiger partial charge >= 0.3 is 0 Å². The Morgan fingerprint density at radius 2 is 0.971 bits per heavy atom. The highest BCUT2D eigenvalue weighted by Crippen LogP contribution is 2.47. The molecule has 0 N–H and O–H groups in total. The first-order valence-electron chi connectivity index (χ1n) is 11.9. The first-order valence-corrected chi connectivity index (χ1v) is 13.5. The van der Waals surface area contributed by atoms with Gasteiger partial charge in [-0.05, 0) is 12.1 Å². The molecule has 3 heteroatoms. The first kappa shape index (κ1) is 18.4. The van der Waals surface area contributed by atoms with Gasteiger partial charge in [-0.25, -0.2) is 0 Å². The summed E-state index contributed by atoms with van der Waals surface area (Å²) in [7, 11) is 0. The fourth-order valence-corrected chi connectivity index (χ4v) is 8.59. The van der Waals surface area contributed by atoms with Crippen molar-refractivity contribution in [3.8, 4) is 0 Å². The molecule has 162 valence electrons. The van der Waals surface area contributed by atoms with E-state index in [-0.39, 0.29) is 0 Å². The molecule has 5 aromatic carbocycles. The summed E-state index contributed by atoms with van der Waals surface area (Å²) in [5, 5.41) is 12.1. The Morgan fingerprint density at radius 3 is 1.71 bits per heavy atom. The highest BCUT2D eigenvalue weighted by atomic mass is 32.1. The molecule has 1 nitrogen and oxygen atoms in total. The summed E-state index contributed by atoms with van der Waals surface area (Å²) >= 11 is 3.84. The SMILES string of the molecule is c1ccc2c(c1)cn1c2c2ccc3c4ccccc4sc3c2c2ccc3c4ccccc4sc3c21. The van der Waals surface area contributed by atoms with Gasteiger partial charge in [-0.15, -0.1) is 22.7 Å². The summed E-state index contributed by atoms with van der Waals surface area (Å²) in [5.41, 5.74) is 2.64. The molecule has 0 unspecified atom stereocenters. The lowest BCUT2D eigenvalue weighted by atomic mass is 9.99. The van der Waals surface area contributed by atoms with E-state index in [1.54, 1.807) is 0 Å². The minimum Gasteiger partial charge on any atom is -0.313 e. The van der Waals surface area contributed by atoms with E-state index in [0.29, 0.717) is 0 Å². The largest absolute Gasteiger partial charge is 0.313 e. The van der Waals surface area contributed by atoms with Gasteiger partial charge in [0.25, 0.3) is 0 Å². The summed E-state index contributed by atoms with van der Waals surface area (Å²) in [6.07, 6.45) is 2.34. The van der Waals surface area contributed by atoms with Crippen molar-refractivity contribution in [2.24, 2.45) is 0 Å². The van der Waals surface area contributed by atoms with Crippen molar-refractivity contribution in [1.29, 1.82) is 0 Å². The maximum absolute atomic E-state index is 2.47. The van der Waals surface area contributed by atoms with Crippen LogP contribution in [0.1, 0.15) is 0 Å². The minimum atomic E-state index is 1.29. The van der Waals surface area contributed by atoms with E-state index in [1.165, 1.54) is 78.3 Å². The van der Waals surface area contributed by atoms with Crippen molar-refractivity contribution in [2.45, 2.75) is 0 Å². The number of benzene rings is 5. The van der Waals surface area contributed by atoms with Gasteiger partial charge in [-0.3, -0.25) is 0 Å². The van der Waals surface area contributed by atoms with Crippen LogP contribution in [0.15, 0.2) is 103 Å². The molecule has 0 spiro atoms. The molecule has 0 aliphatic heterocycles. The lowest BCUT2D eigenvalue weighted by molar-refractivity contribution is 1.31. The highest BCUT2D eigenvalue weighted by Gasteiger charge is 2.19. The molecule has 0 atom stereocenters. The molecule has 4 heterocycles. The van der Waals surface area contributed by atoms with Crippen LogP contribution in [0.5, 0.6) is 0 Å². The van der Waals surface area contributed by atoms with Crippen molar-refractivity contribution >= 4 is 101 Å². The lowest BCUT2D eigenvalue weighted by Crippen LogP contribution is -1.90. The van der Waals surface area contributed by atoms with E-state index >= 15 is 0 Å². The minimum absolute atomic E-state index is 1.29. The zero-order valence-corrected chi connectivity index (χ0v) is 20.2. The molecule has 35 heavy (non-hydrogen) atoms. The van der Waals surface area contributed by atoms with Crippen molar-refractivity contribution in [2.75, 3.05) is 0 Å². The molecule has 0 fully saturated rings. The van der Waals surface area contributed by atoms with Crippen LogP contribution in [0.25, 0.3) is 78.3 Å². The Balaban J connectivity index is 1.66. The molecule has 0 saturated heterocycles. The van der Waals surface area contributed by atoms with Crippen LogP contribution < -0.4 is 0 Å². The van der Waals surface area contributed by atoms with Gasteiger partial charge in [-0.2, -0.15) is 0 Å². The van der Waals surface area contributed by atoms with Gasteiger partial charge < -0.3 is 4.40 Å². The number of hydrogen-bond donors (Lipinski definition) is 0. The van der Waals surface area contributed by atoms with Crippen LogP contribution in [0.4, 0.5) is 0 Å². The predicted octanol–water partition coefficient (Wildman–Crippen LogP) is 10.1. The van der Waals surface area contributed by atoms with Gasteiger partial charge in [0, 0.05) is 68.8 Å². The molecule has 0 aliphatic rings. The lowest BCUT2D eigenvalue weighted by Gasteiger charge is -2.12. The molecule has 0 radical (unpaired) electrons. The number of pyridine rings is 1. The quantitative estimate of drug-likeness (QED) is 0.191. The standard InChI is InChI=1S/C32H17NS2/c1-2-8-19-18(7-1)17-33-29(19)24-15-13-22-20-9-3-5-11-26(20)34-31(22)28(24)25-16-14-23-21-10-4-6-12-27(21)35-32(23)30(25)33/h1-17H. The summed E-state index contributed by atoms with van der Waals surface area (Å²) < 4.78 is 7.93. The molecular formula is C32H17NS2. The average molecular weight is 480 g/mol. The van der Waals surface area contributed by atoms with E-state index in [1.807, 2.05) is 22.7 Å². The average Bonchev–Trinajstić information content (AvgIpc) is 3.59. The van der Waals surface area contributed by atoms with Crippen molar-refractivity contribution in [3.05, 3.63) is 103 Å². The van der Waals surface area contributed by atoms with Crippen LogP contribution in [-0.4, -0.2) is 4.40 Å². The van der Waals surface area contributed by atoms with Crippen molar-refractivity contribution < 1.29 is 0 Å². The maximum atomic E-state index is 2.47. The van der Waals surface area contributed by atoms with Crippen LogP contribution in [0.2, 0.25) is 0 Å². The number of hydrogen-bond acceptors (Lipinski definition) is 2. The number of aromatic nitrogens is 1. The Hall–Kier alpha value is -3.92. The monoisotopic (exact) mass is 479 g/mol. The van der Waals surface area contributed by atoms with Crippen molar-refractivity contribution in [1.82, 2.24) is 4.40 Å². The third-order valence-corrected chi connectivity index (χ3v) is 9.96. The molecular weight excluding hydrogens is 462 g/mol. The number of fused-ring (bicyclic) bond motifs is 16. The van der Waals surface area contributed by atoms with E-state index in [0.717, 1.165) is 0 Å². The van der Waals surface area contributed by atoms with E-state index in [9.17, 15) is 0 Å². The molecule has 0 bridgehead atoms. The molecule has 9 aromatic rings. The van der Waals surface area contributed by atoms with Crippen molar-refractivity contribution in [3.63, 3.8) is 0 Å². The maximum Gasteiger partial charge on any atom is 0.0714 e. The molecule has 4 aromatic heterocycles.